The van der Waals surface area contributed by atoms with Crippen LogP contribution in [-0.2, 0) is 11.0 Å². The molecule has 0 saturated carbocycles. The minimum absolute atomic E-state index is 0.0725. The number of hydrogen-bond acceptors (Lipinski definition) is 3. The molecule has 0 bridgehead atoms. The van der Waals surface area contributed by atoms with Crippen LogP contribution in [0.2, 0.25) is 5.04 Å². The maximum absolute atomic E-state index is 9.31. The standard InChI is InChI=1S/C23H27BO3Si/c1-23(2,3)28(21-10-6-4-7-11-21,22-12-8-5-9-13-22)27-18-19-14-16-20(17-15-19)24(25)26/h4-17,25-26H,18H2,1-3H3. The molecule has 3 aromatic carbocycles. The molecule has 0 aliphatic carbocycles. The van der Waals surface area contributed by atoms with Crippen molar-refractivity contribution in [2.75, 3.05) is 0 Å². The summed E-state index contributed by atoms with van der Waals surface area (Å²) in [5.41, 5.74) is 1.49. The van der Waals surface area contributed by atoms with Crippen molar-refractivity contribution < 1.29 is 14.5 Å². The van der Waals surface area contributed by atoms with Crippen LogP contribution in [-0.4, -0.2) is 25.5 Å². The van der Waals surface area contributed by atoms with E-state index in [0.29, 0.717) is 12.1 Å². The molecule has 0 unspecified atom stereocenters. The van der Waals surface area contributed by atoms with Crippen molar-refractivity contribution in [1.82, 2.24) is 0 Å². The zero-order chi connectivity index (χ0) is 20.2. The van der Waals surface area contributed by atoms with E-state index in [0.717, 1.165) is 5.56 Å². The Kier molecular flexibility index (Phi) is 6.20. The molecule has 0 aliphatic rings. The molecule has 0 heterocycles. The maximum atomic E-state index is 9.31. The van der Waals surface area contributed by atoms with Crippen LogP contribution >= 0.6 is 0 Å². The van der Waals surface area contributed by atoms with Crippen molar-refractivity contribution in [3.8, 4) is 0 Å². The van der Waals surface area contributed by atoms with Crippen molar-refractivity contribution in [3.05, 3.63) is 90.5 Å². The summed E-state index contributed by atoms with van der Waals surface area (Å²) in [7, 11) is -4.02. The molecule has 0 aliphatic heterocycles. The van der Waals surface area contributed by atoms with Crippen LogP contribution in [0.4, 0.5) is 0 Å². The molecule has 28 heavy (non-hydrogen) atoms. The minimum Gasteiger partial charge on any atom is -0.423 e. The van der Waals surface area contributed by atoms with Gasteiger partial charge in [0.25, 0.3) is 8.32 Å². The molecule has 0 aromatic heterocycles. The van der Waals surface area contributed by atoms with Crippen LogP contribution in [0.1, 0.15) is 26.3 Å². The molecule has 0 saturated heterocycles. The van der Waals surface area contributed by atoms with Gasteiger partial charge in [-0.2, -0.15) is 0 Å². The zero-order valence-electron chi connectivity index (χ0n) is 16.7. The van der Waals surface area contributed by atoms with Crippen LogP contribution in [0.25, 0.3) is 0 Å². The van der Waals surface area contributed by atoms with Gasteiger partial charge in [-0.1, -0.05) is 106 Å². The van der Waals surface area contributed by atoms with Gasteiger partial charge in [0, 0.05) is 0 Å². The van der Waals surface area contributed by atoms with E-state index in [2.05, 4.69) is 69.3 Å². The minimum atomic E-state index is -2.57. The first-order chi connectivity index (χ1) is 13.3. The van der Waals surface area contributed by atoms with E-state index in [1.165, 1.54) is 10.4 Å². The Bertz CT molecular complexity index is 836. The van der Waals surface area contributed by atoms with E-state index in [1.807, 2.05) is 24.3 Å². The lowest BCUT2D eigenvalue weighted by atomic mass is 9.80. The first kappa shape index (κ1) is 20.6. The van der Waals surface area contributed by atoms with E-state index < -0.39 is 15.4 Å². The molecular weight excluding hydrogens is 363 g/mol. The van der Waals surface area contributed by atoms with Crippen LogP contribution in [0.5, 0.6) is 0 Å². The summed E-state index contributed by atoms with van der Waals surface area (Å²) in [5, 5.41) is 21.0. The Balaban J connectivity index is 2.03. The highest BCUT2D eigenvalue weighted by Gasteiger charge is 2.50. The highest BCUT2D eigenvalue weighted by molar-refractivity contribution is 6.99. The summed E-state index contributed by atoms with van der Waals surface area (Å²) in [5.74, 6) is 0. The van der Waals surface area contributed by atoms with Gasteiger partial charge in [-0.05, 0) is 26.4 Å². The fourth-order valence-electron chi connectivity index (χ4n) is 3.74. The molecule has 0 radical (unpaired) electrons. The summed E-state index contributed by atoms with van der Waals surface area (Å²) in [6.07, 6.45) is 0. The predicted molar refractivity (Wildman–Crippen MR) is 119 cm³/mol. The summed E-state index contributed by atoms with van der Waals surface area (Å²) in [6, 6.07) is 28.3. The molecule has 144 valence electrons. The Morgan fingerprint density at radius 2 is 1.21 bits per heavy atom. The summed E-state index contributed by atoms with van der Waals surface area (Å²) < 4.78 is 6.87. The normalized spacial score (nSPS) is 12.0. The van der Waals surface area contributed by atoms with Crippen molar-refractivity contribution in [1.29, 1.82) is 0 Å². The molecule has 3 aromatic rings. The number of rotatable bonds is 6. The van der Waals surface area contributed by atoms with Gasteiger partial charge in [-0.25, -0.2) is 0 Å². The van der Waals surface area contributed by atoms with Gasteiger partial charge in [0.2, 0.25) is 0 Å². The Morgan fingerprint density at radius 3 is 1.61 bits per heavy atom. The van der Waals surface area contributed by atoms with Gasteiger partial charge in [-0.15, -0.1) is 0 Å². The third-order valence-corrected chi connectivity index (χ3v) is 10.1. The monoisotopic (exact) mass is 390 g/mol. The lowest BCUT2D eigenvalue weighted by Crippen LogP contribution is -2.66. The van der Waals surface area contributed by atoms with Gasteiger partial charge >= 0.3 is 7.12 Å². The molecule has 5 heteroatoms. The van der Waals surface area contributed by atoms with Crippen LogP contribution < -0.4 is 15.8 Å². The van der Waals surface area contributed by atoms with E-state index in [1.54, 1.807) is 12.1 Å². The second-order valence-electron chi connectivity index (χ2n) is 8.07. The first-order valence-corrected chi connectivity index (χ1v) is 11.5. The molecule has 0 fully saturated rings. The van der Waals surface area contributed by atoms with Crippen molar-refractivity contribution in [2.45, 2.75) is 32.4 Å². The smallest absolute Gasteiger partial charge is 0.423 e. The summed E-state index contributed by atoms with van der Waals surface area (Å²) in [6.45, 7) is 7.23. The Hall–Kier alpha value is -2.18. The molecule has 0 atom stereocenters. The topological polar surface area (TPSA) is 49.7 Å². The molecular formula is C23H27BO3Si. The fourth-order valence-corrected chi connectivity index (χ4v) is 8.28. The SMILES string of the molecule is CC(C)(C)[Si](OCc1ccc(B(O)O)cc1)(c1ccccc1)c1ccccc1. The van der Waals surface area contributed by atoms with Gasteiger partial charge in [0.1, 0.15) is 0 Å². The Labute approximate surface area is 168 Å². The molecule has 2 N–H and O–H groups in total. The van der Waals surface area contributed by atoms with E-state index in [-0.39, 0.29) is 5.04 Å². The van der Waals surface area contributed by atoms with E-state index >= 15 is 0 Å². The second-order valence-corrected chi connectivity index (χ2v) is 12.4. The highest BCUT2D eigenvalue weighted by atomic mass is 28.4. The average Bonchev–Trinajstić information content (AvgIpc) is 2.69. The number of hydrogen-bond donors (Lipinski definition) is 2. The lowest BCUT2D eigenvalue weighted by molar-refractivity contribution is 0.286. The average molecular weight is 390 g/mol. The van der Waals surface area contributed by atoms with Crippen LogP contribution in [0.15, 0.2) is 84.9 Å². The van der Waals surface area contributed by atoms with Gasteiger partial charge in [-0.3, -0.25) is 0 Å². The third-order valence-electron chi connectivity index (χ3n) is 5.15. The Morgan fingerprint density at radius 1 is 0.750 bits per heavy atom. The molecule has 3 nitrogen and oxygen atoms in total. The van der Waals surface area contributed by atoms with E-state index in [9.17, 15) is 10.0 Å². The van der Waals surface area contributed by atoms with Gasteiger partial charge < -0.3 is 14.5 Å². The van der Waals surface area contributed by atoms with Crippen LogP contribution in [0, 0.1) is 0 Å². The van der Waals surface area contributed by atoms with Crippen molar-refractivity contribution >= 4 is 31.3 Å². The van der Waals surface area contributed by atoms with Crippen molar-refractivity contribution in [3.63, 3.8) is 0 Å². The van der Waals surface area contributed by atoms with Crippen LogP contribution in [0.3, 0.4) is 0 Å². The third kappa shape index (κ3) is 4.13. The summed E-state index contributed by atoms with van der Waals surface area (Å²) >= 11 is 0. The predicted octanol–water partition coefficient (Wildman–Crippen LogP) is 2.44. The maximum Gasteiger partial charge on any atom is 0.488 e. The zero-order valence-corrected chi connectivity index (χ0v) is 17.7. The second kappa shape index (κ2) is 8.45. The largest absolute Gasteiger partial charge is 0.488 e. The first-order valence-electron chi connectivity index (χ1n) is 9.54. The molecule has 3 rings (SSSR count). The number of benzene rings is 3. The van der Waals surface area contributed by atoms with Gasteiger partial charge in [0.15, 0.2) is 0 Å². The van der Waals surface area contributed by atoms with Gasteiger partial charge in [0.05, 0.1) is 6.61 Å². The highest BCUT2D eigenvalue weighted by Crippen LogP contribution is 2.37. The van der Waals surface area contributed by atoms with Crippen molar-refractivity contribution in [2.24, 2.45) is 0 Å². The van der Waals surface area contributed by atoms with E-state index in [4.69, 9.17) is 4.43 Å². The lowest BCUT2D eigenvalue weighted by Gasteiger charge is -2.43. The molecule has 0 amide bonds. The quantitative estimate of drug-likeness (QED) is 0.636. The molecule has 0 spiro atoms. The fraction of sp³-hybridized carbons (Fsp3) is 0.217. The summed E-state index contributed by atoms with van der Waals surface area (Å²) in [4.78, 5) is 0.